The molecular formula is C20H22F3N2O+. The van der Waals surface area contributed by atoms with Crippen molar-refractivity contribution in [3.8, 4) is 0 Å². The van der Waals surface area contributed by atoms with E-state index in [1.165, 1.54) is 16.5 Å². The first-order valence-electron chi connectivity index (χ1n) is 8.73. The molecule has 0 radical (unpaired) electrons. The fourth-order valence-corrected chi connectivity index (χ4v) is 3.42. The minimum Gasteiger partial charge on any atom is -0.347 e. The molecule has 0 bridgehead atoms. The number of carbonyl (C=O) groups is 1. The highest BCUT2D eigenvalue weighted by atomic mass is 19.4. The van der Waals surface area contributed by atoms with Crippen LogP contribution in [0.15, 0.2) is 54.6 Å². The summed E-state index contributed by atoms with van der Waals surface area (Å²) in [6, 6.07) is 15.2. The van der Waals surface area contributed by atoms with Gasteiger partial charge in [0.15, 0.2) is 0 Å². The molecule has 3 nitrogen and oxygen atoms in total. The van der Waals surface area contributed by atoms with E-state index < -0.39 is 11.7 Å². The normalized spacial score (nSPS) is 20.1. The quantitative estimate of drug-likeness (QED) is 0.839. The lowest BCUT2D eigenvalue weighted by Gasteiger charge is -2.14. The molecule has 1 aliphatic heterocycles. The van der Waals surface area contributed by atoms with Crippen molar-refractivity contribution in [2.45, 2.75) is 31.6 Å². The number of carbonyl (C=O) groups excluding carboxylic acids is 1. The summed E-state index contributed by atoms with van der Waals surface area (Å²) in [6.45, 7) is 2.73. The second kappa shape index (κ2) is 7.91. The first-order chi connectivity index (χ1) is 12.4. The zero-order valence-electron chi connectivity index (χ0n) is 14.4. The van der Waals surface area contributed by atoms with Gasteiger partial charge in [-0.1, -0.05) is 48.5 Å². The standard InChI is InChI=1S/C20H21F3N2O/c21-20(22,23)17-8-4-7-16(11-17)12-19(26)24-18-9-10-25(14-18)13-15-5-2-1-3-6-15/h1-8,11,18H,9-10,12-14H2,(H,24,26)/p+1/t18-/m1/s1. The Morgan fingerprint density at radius 1 is 1.08 bits per heavy atom. The number of benzene rings is 2. The molecule has 26 heavy (non-hydrogen) atoms. The molecule has 2 atom stereocenters. The molecule has 1 saturated heterocycles. The van der Waals surface area contributed by atoms with Crippen molar-refractivity contribution in [3.63, 3.8) is 0 Å². The van der Waals surface area contributed by atoms with Gasteiger partial charge in [-0.15, -0.1) is 0 Å². The van der Waals surface area contributed by atoms with Gasteiger partial charge in [-0.2, -0.15) is 13.2 Å². The number of amides is 1. The summed E-state index contributed by atoms with van der Waals surface area (Å²) in [7, 11) is 0. The molecule has 1 fully saturated rings. The van der Waals surface area contributed by atoms with Crippen molar-refractivity contribution in [1.82, 2.24) is 5.32 Å². The molecule has 2 N–H and O–H groups in total. The SMILES string of the molecule is O=C(Cc1cccc(C(F)(F)F)c1)N[C@@H]1CC[NH+](Cc2ccccc2)C1. The molecule has 0 aliphatic carbocycles. The number of hydrogen-bond donors (Lipinski definition) is 2. The molecule has 0 aromatic heterocycles. The van der Waals surface area contributed by atoms with Crippen LogP contribution in [-0.4, -0.2) is 25.0 Å². The summed E-state index contributed by atoms with van der Waals surface area (Å²) in [5.74, 6) is -0.227. The highest BCUT2D eigenvalue weighted by molar-refractivity contribution is 5.78. The van der Waals surface area contributed by atoms with Crippen LogP contribution in [0.4, 0.5) is 13.2 Å². The molecule has 2 aromatic rings. The number of quaternary nitrogens is 1. The van der Waals surface area contributed by atoms with E-state index >= 15 is 0 Å². The Kier molecular flexibility index (Phi) is 5.61. The van der Waals surface area contributed by atoms with Gasteiger partial charge >= 0.3 is 6.18 Å². The largest absolute Gasteiger partial charge is 0.416 e. The summed E-state index contributed by atoms with van der Waals surface area (Å²) in [4.78, 5) is 13.6. The van der Waals surface area contributed by atoms with Gasteiger partial charge in [0, 0.05) is 12.0 Å². The van der Waals surface area contributed by atoms with Gasteiger partial charge in [0.05, 0.1) is 31.1 Å². The van der Waals surface area contributed by atoms with E-state index in [0.29, 0.717) is 5.56 Å². The first kappa shape index (κ1) is 18.5. The number of alkyl halides is 3. The van der Waals surface area contributed by atoms with Crippen molar-refractivity contribution < 1.29 is 22.9 Å². The molecule has 0 saturated carbocycles. The highest BCUT2D eigenvalue weighted by Gasteiger charge is 2.31. The maximum atomic E-state index is 12.8. The molecule has 138 valence electrons. The molecular weight excluding hydrogens is 341 g/mol. The summed E-state index contributed by atoms with van der Waals surface area (Å²) in [5.41, 5.74) is 0.921. The zero-order valence-corrected chi connectivity index (χ0v) is 14.4. The number of halogens is 3. The van der Waals surface area contributed by atoms with Gasteiger partial charge in [0.1, 0.15) is 6.54 Å². The Balaban J connectivity index is 1.50. The monoisotopic (exact) mass is 363 g/mol. The van der Waals surface area contributed by atoms with Crippen LogP contribution in [0, 0.1) is 0 Å². The van der Waals surface area contributed by atoms with E-state index in [2.05, 4.69) is 17.4 Å². The van der Waals surface area contributed by atoms with Gasteiger partial charge in [-0.05, 0) is 11.6 Å². The lowest BCUT2D eigenvalue weighted by Crippen LogP contribution is -3.09. The molecule has 1 unspecified atom stereocenters. The van der Waals surface area contributed by atoms with Gasteiger partial charge < -0.3 is 10.2 Å². The summed E-state index contributed by atoms with van der Waals surface area (Å²) in [5, 5.41) is 2.96. The van der Waals surface area contributed by atoms with Crippen LogP contribution in [0.5, 0.6) is 0 Å². The molecule has 6 heteroatoms. The Morgan fingerprint density at radius 3 is 2.54 bits per heavy atom. The summed E-state index contributed by atoms with van der Waals surface area (Å²) >= 11 is 0. The fourth-order valence-electron chi connectivity index (χ4n) is 3.42. The van der Waals surface area contributed by atoms with Crippen molar-refractivity contribution in [1.29, 1.82) is 0 Å². The minimum atomic E-state index is -4.39. The average Bonchev–Trinajstić information content (AvgIpc) is 3.02. The molecule has 1 amide bonds. The van der Waals surface area contributed by atoms with Crippen LogP contribution in [0.25, 0.3) is 0 Å². The maximum absolute atomic E-state index is 12.8. The molecule has 0 spiro atoms. The van der Waals surface area contributed by atoms with Crippen LogP contribution in [0.3, 0.4) is 0 Å². The smallest absolute Gasteiger partial charge is 0.347 e. The molecule has 1 aliphatic rings. The molecule has 2 aromatic carbocycles. The third kappa shape index (κ3) is 5.08. The Labute approximate surface area is 150 Å². The van der Waals surface area contributed by atoms with Crippen molar-refractivity contribution in [2.24, 2.45) is 0 Å². The fraction of sp³-hybridized carbons (Fsp3) is 0.350. The van der Waals surface area contributed by atoms with Gasteiger partial charge in [-0.3, -0.25) is 4.79 Å². The van der Waals surface area contributed by atoms with Crippen LogP contribution < -0.4 is 10.2 Å². The van der Waals surface area contributed by atoms with Crippen LogP contribution in [0.2, 0.25) is 0 Å². The number of nitrogens with one attached hydrogen (secondary N) is 2. The Bertz CT molecular complexity index is 746. The van der Waals surface area contributed by atoms with E-state index in [4.69, 9.17) is 0 Å². The van der Waals surface area contributed by atoms with Gasteiger partial charge in [0.2, 0.25) is 5.91 Å². The predicted octanol–water partition coefficient (Wildman–Crippen LogP) is 2.22. The van der Waals surface area contributed by atoms with E-state index in [1.807, 2.05) is 18.2 Å². The molecule has 1 heterocycles. The lowest BCUT2D eigenvalue weighted by atomic mass is 10.1. The van der Waals surface area contributed by atoms with Crippen LogP contribution >= 0.6 is 0 Å². The third-order valence-electron chi connectivity index (χ3n) is 4.66. The Hall–Kier alpha value is -2.34. The molecule has 3 rings (SSSR count). The van der Waals surface area contributed by atoms with E-state index in [1.54, 1.807) is 6.07 Å². The highest BCUT2D eigenvalue weighted by Crippen LogP contribution is 2.29. The second-order valence-electron chi connectivity index (χ2n) is 6.79. The topological polar surface area (TPSA) is 33.5 Å². The number of rotatable bonds is 5. The van der Waals surface area contributed by atoms with Gasteiger partial charge in [-0.25, -0.2) is 0 Å². The minimum absolute atomic E-state index is 0.0333. The summed E-state index contributed by atoms with van der Waals surface area (Å²) < 4.78 is 38.3. The third-order valence-corrected chi connectivity index (χ3v) is 4.66. The van der Waals surface area contributed by atoms with Crippen molar-refractivity contribution in [3.05, 3.63) is 71.3 Å². The predicted molar refractivity (Wildman–Crippen MR) is 92.5 cm³/mol. The van der Waals surface area contributed by atoms with Crippen LogP contribution in [0.1, 0.15) is 23.1 Å². The maximum Gasteiger partial charge on any atom is 0.416 e. The van der Waals surface area contributed by atoms with E-state index in [9.17, 15) is 18.0 Å². The van der Waals surface area contributed by atoms with E-state index in [-0.39, 0.29) is 18.4 Å². The van der Waals surface area contributed by atoms with Crippen molar-refractivity contribution >= 4 is 5.91 Å². The first-order valence-corrected chi connectivity index (χ1v) is 8.73. The van der Waals surface area contributed by atoms with Crippen LogP contribution in [-0.2, 0) is 23.9 Å². The lowest BCUT2D eigenvalue weighted by molar-refractivity contribution is -0.901. The van der Waals surface area contributed by atoms with E-state index in [0.717, 1.165) is 38.2 Å². The Morgan fingerprint density at radius 2 is 1.81 bits per heavy atom. The zero-order chi connectivity index (χ0) is 18.6. The average molecular weight is 363 g/mol. The summed E-state index contributed by atoms with van der Waals surface area (Å²) in [6.07, 6.45) is -3.54. The van der Waals surface area contributed by atoms with Gasteiger partial charge in [0.25, 0.3) is 0 Å². The second-order valence-corrected chi connectivity index (χ2v) is 6.79. The number of hydrogen-bond acceptors (Lipinski definition) is 1. The number of likely N-dealkylation sites (tertiary alicyclic amines) is 1. The van der Waals surface area contributed by atoms with Crippen molar-refractivity contribution in [2.75, 3.05) is 13.1 Å².